The summed E-state index contributed by atoms with van der Waals surface area (Å²) in [6.45, 7) is 11.1. The van der Waals surface area contributed by atoms with Gasteiger partial charge in [0.2, 0.25) is 5.91 Å². The van der Waals surface area contributed by atoms with Gasteiger partial charge in [-0.1, -0.05) is 20.8 Å². The Labute approximate surface area is 110 Å². The average molecular weight is 254 g/mol. The Bertz CT molecular complexity index is 294. The molecule has 2 aliphatic rings. The normalized spacial score (nSPS) is 32.6. The van der Waals surface area contributed by atoms with Crippen LogP contribution in [0.2, 0.25) is 0 Å². The van der Waals surface area contributed by atoms with Crippen LogP contribution in [-0.4, -0.2) is 49.7 Å². The molecule has 2 rings (SSSR count). The van der Waals surface area contributed by atoms with E-state index >= 15 is 0 Å². The van der Waals surface area contributed by atoms with Gasteiger partial charge in [0, 0.05) is 32.1 Å². The Morgan fingerprint density at radius 2 is 2.22 bits per heavy atom. The van der Waals surface area contributed by atoms with Crippen LogP contribution in [0.4, 0.5) is 0 Å². The molecule has 104 valence electrons. The number of amides is 1. The Morgan fingerprint density at radius 1 is 1.50 bits per heavy atom. The quantitative estimate of drug-likeness (QED) is 0.799. The smallest absolute Gasteiger partial charge is 0.223 e. The molecule has 2 fully saturated rings. The van der Waals surface area contributed by atoms with Gasteiger partial charge in [-0.15, -0.1) is 0 Å². The standard InChI is InChI=1S/C14H26N2O2/c1-10(2)8-16-4-5-18-12(9-16)7-15-14(17)13-6-11(13)3/h10-13H,4-9H2,1-3H3,(H,15,17)/t11-,12-,13-/m1/s1. The van der Waals surface area contributed by atoms with Gasteiger partial charge in [0.15, 0.2) is 0 Å². The van der Waals surface area contributed by atoms with Crippen molar-refractivity contribution in [1.82, 2.24) is 10.2 Å². The van der Waals surface area contributed by atoms with Gasteiger partial charge in [-0.3, -0.25) is 9.69 Å². The minimum absolute atomic E-state index is 0.163. The van der Waals surface area contributed by atoms with Crippen LogP contribution < -0.4 is 5.32 Å². The summed E-state index contributed by atoms with van der Waals surface area (Å²) >= 11 is 0. The van der Waals surface area contributed by atoms with Crippen LogP contribution in [0.15, 0.2) is 0 Å². The van der Waals surface area contributed by atoms with Crippen LogP contribution >= 0.6 is 0 Å². The number of carbonyl (C=O) groups excluding carboxylic acids is 1. The molecular formula is C14H26N2O2. The Balaban J connectivity index is 1.67. The lowest BCUT2D eigenvalue weighted by molar-refractivity contribution is -0.123. The molecule has 18 heavy (non-hydrogen) atoms. The molecule has 0 aromatic rings. The summed E-state index contributed by atoms with van der Waals surface area (Å²) in [5.41, 5.74) is 0. The first-order chi connectivity index (χ1) is 8.56. The van der Waals surface area contributed by atoms with Crippen molar-refractivity contribution in [2.75, 3.05) is 32.8 Å². The highest BCUT2D eigenvalue weighted by Crippen LogP contribution is 2.37. The minimum Gasteiger partial charge on any atom is -0.374 e. The van der Waals surface area contributed by atoms with E-state index in [1.807, 2.05) is 0 Å². The fraction of sp³-hybridized carbons (Fsp3) is 0.929. The SMILES string of the molecule is CC(C)CN1CCO[C@H](CNC(=O)[C@@H]2C[C@H]2C)C1. The molecule has 1 aliphatic carbocycles. The van der Waals surface area contributed by atoms with Crippen LogP contribution in [0, 0.1) is 17.8 Å². The predicted molar refractivity (Wildman–Crippen MR) is 71.3 cm³/mol. The van der Waals surface area contributed by atoms with Crippen LogP contribution in [0.1, 0.15) is 27.2 Å². The monoisotopic (exact) mass is 254 g/mol. The van der Waals surface area contributed by atoms with Crippen molar-refractivity contribution in [3.8, 4) is 0 Å². The molecule has 1 saturated heterocycles. The van der Waals surface area contributed by atoms with Crippen molar-refractivity contribution in [2.24, 2.45) is 17.8 Å². The van der Waals surface area contributed by atoms with Crippen molar-refractivity contribution in [2.45, 2.75) is 33.3 Å². The number of rotatable bonds is 5. The number of hydrogen-bond acceptors (Lipinski definition) is 3. The molecule has 4 nitrogen and oxygen atoms in total. The Hall–Kier alpha value is -0.610. The summed E-state index contributed by atoms with van der Waals surface area (Å²) < 4.78 is 5.71. The summed E-state index contributed by atoms with van der Waals surface area (Å²) in [7, 11) is 0. The lowest BCUT2D eigenvalue weighted by Gasteiger charge is -2.34. The molecule has 0 bridgehead atoms. The second-order valence-corrected chi connectivity index (χ2v) is 6.21. The van der Waals surface area contributed by atoms with Crippen molar-refractivity contribution in [3.63, 3.8) is 0 Å². The number of hydrogen-bond donors (Lipinski definition) is 1. The van der Waals surface area contributed by atoms with E-state index < -0.39 is 0 Å². The van der Waals surface area contributed by atoms with Gasteiger partial charge in [0.05, 0.1) is 12.7 Å². The third-order valence-corrected chi connectivity index (χ3v) is 3.80. The van der Waals surface area contributed by atoms with Gasteiger partial charge in [-0.25, -0.2) is 0 Å². The lowest BCUT2D eigenvalue weighted by atomic mass is 10.2. The van der Waals surface area contributed by atoms with Crippen molar-refractivity contribution < 1.29 is 9.53 Å². The van der Waals surface area contributed by atoms with Gasteiger partial charge >= 0.3 is 0 Å². The third-order valence-electron chi connectivity index (χ3n) is 3.80. The molecule has 0 unspecified atom stereocenters. The second kappa shape index (κ2) is 6.02. The molecule has 4 heteroatoms. The van der Waals surface area contributed by atoms with Crippen LogP contribution in [0.3, 0.4) is 0 Å². The van der Waals surface area contributed by atoms with E-state index in [9.17, 15) is 4.79 Å². The molecule has 3 atom stereocenters. The molecule has 1 heterocycles. The van der Waals surface area contributed by atoms with Crippen LogP contribution in [0.25, 0.3) is 0 Å². The molecule has 1 aliphatic heterocycles. The molecule has 0 spiro atoms. The largest absolute Gasteiger partial charge is 0.374 e. The molecule has 1 saturated carbocycles. The fourth-order valence-electron chi connectivity index (χ4n) is 2.62. The number of nitrogens with zero attached hydrogens (tertiary/aromatic N) is 1. The summed E-state index contributed by atoms with van der Waals surface area (Å²) in [6, 6.07) is 0. The summed E-state index contributed by atoms with van der Waals surface area (Å²) in [4.78, 5) is 14.2. The van der Waals surface area contributed by atoms with Gasteiger partial charge in [-0.2, -0.15) is 0 Å². The molecule has 0 aromatic carbocycles. The maximum atomic E-state index is 11.7. The fourth-order valence-corrected chi connectivity index (χ4v) is 2.62. The Morgan fingerprint density at radius 3 is 2.83 bits per heavy atom. The molecule has 1 amide bonds. The van der Waals surface area contributed by atoms with E-state index in [-0.39, 0.29) is 17.9 Å². The zero-order valence-electron chi connectivity index (χ0n) is 11.8. The van der Waals surface area contributed by atoms with Gasteiger partial charge in [0.1, 0.15) is 0 Å². The predicted octanol–water partition coefficient (Wildman–Crippen LogP) is 1.12. The van der Waals surface area contributed by atoms with Crippen molar-refractivity contribution >= 4 is 5.91 Å². The summed E-state index contributed by atoms with van der Waals surface area (Å²) in [5, 5.41) is 3.03. The van der Waals surface area contributed by atoms with Gasteiger partial charge in [0.25, 0.3) is 0 Å². The number of nitrogens with one attached hydrogen (secondary N) is 1. The van der Waals surface area contributed by atoms with Crippen LogP contribution in [0.5, 0.6) is 0 Å². The van der Waals surface area contributed by atoms with E-state index in [0.717, 1.165) is 32.7 Å². The zero-order valence-corrected chi connectivity index (χ0v) is 11.8. The first-order valence-corrected chi connectivity index (χ1v) is 7.18. The van der Waals surface area contributed by atoms with Crippen LogP contribution in [-0.2, 0) is 9.53 Å². The van der Waals surface area contributed by atoms with E-state index in [2.05, 4.69) is 31.0 Å². The van der Waals surface area contributed by atoms with Gasteiger partial charge in [-0.05, 0) is 18.3 Å². The number of morpholine rings is 1. The lowest BCUT2D eigenvalue weighted by Crippen LogP contribution is -2.48. The number of ether oxygens (including phenoxy) is 1. The molecule has 0 aromatic heterocycles. The highest BCUT2D eigenvalue weighted by Gasteiger charge is 2.39. The summed E-state index contributed by atoms with van der Waals surface area (Å²) in [5.74, 6) is 1.74. The Kier molecular flexibility index (Phi) is 4.62. The maximum Gasteiger partial charge on any atom is 0.223 e. The molecular weight excluding hydrogens is 228 g/mol. The maximum absolute atomic E-state index is 11.7. The topological polar surface area (TPSA) is 41.6 Å². The van der Waals surface area contributed by atoms with Crippen molar-refractivity contribution in [3.05, 3.63) is 0 Å². The highest BCUT2D eigenvalue weighted by atomic mass is 16.5. The van der Waals surface area contributed by atoms with E-state index in [1.165, 1.54) is 0 Å². The molecule has 1 N–H and O–H groups in total. The van der Waals surface area contributed by atoms with Gasteiger partial charge < -0.3 is 10.1 Å². The van der Waals surface area contributed by atoms with Crippen molar-refractivity contribution in [1.29, 1.82) is 0 Å². The summed E-state index contributed by atoms with van der Waals surface area (Å²) in [6.07, 6.45) is 1.21. The van der Waals surface area contributed by atoms with E-state index in [1.54, 1.807) is 0 Å². The first-order valence-electron chi connectivity index (χ1n) is 7.18. The number of carbonyl (C=O) groups is 1. The first kappa shape index (κ1) is 13.8. The molecule has 0 radical (unpaired) electrons. The zero-order chi connectivity index (χ0) is 13.1. The third kappa shape index (κ3) is 3.95. The minimum atomic E-state index is 0.163. The van der Waals surface area contributed by atoms with E-state index in [0.29, 0.717) is 18.4 Å². The second-order valence-electron chi connectivity index (χ2n) is 6.21. The highest BCUT2D eigenvalue weighted by molar-refractivity contribution is 5.81. The van der Waals surface area contributed by atoms with E-state index in [4.69, 9.17) is 4.74 Å². The average Bonchev–Trinajstić information content (AvgIpc) is 3.03.